The number of benzene rings is 2. The van der Waals surface area contributed by atoms with Crippen LogP contribution in [0.25, 0.3) is 0 Å². The van der Waals surface area contributed by atoms with Crippen LogP contribution in [-0.4, -0.2) is 139 Å². The van der Waals surface area contributed by atoms with Crippen LogP contribution in [0.15, 0.2) is 91.1 Å². The lowest BCUT2D eigenvalue weighted by molar-refractivity contribution is -0.125. The average Bonchev–Trinajstić information content (AvgIpc) is 3.31. The van der Waals surface area contributed by atoms with Gasteiger partial charge in [-0.05, 0) is 66.6 Å². The van der Waals surface area contributed by atoms with E-state index in [2.05, 4.69) is 36.9 Å². The van der Waals surface area contributed by atoms with E-state index in [9.17, 15) is 19.5 Å². The van der Waals surface area contributed by atoms with Crippen molar-refractivity contribution in [1.29, 1.82) is 0 Å². The fourth-order valence-corrected chi connectivity index (χ4v) is 8.42. The van der Waals surface area contributed by atoms with Crippen LogP contribution in [0.2, 0.25) is 0 Å². The Kier molecular flexibility index (Phi) is 21.2. The zero-order valence-electron chi connectivity index (χ0n) is 37.2. The number of nitrogens with zero attached hydrogens (tertiary/aromatic N) is 5. The number of aromatic nitrogens is 2. The topological polar surface area (TPSA) is 156 Å². The van der Waals surface area contributed by atoms with Gasteiger partial charge in [0.25, 0.3) is 0 Å². The Hall–Kier alpha value is -5.18. The Morgan fingerprint density at radius 2 is 1.42 bits per heavy atom. The number of amides is 2. The Bertz CT molecular complexity index is 2150. The largest absolute Gasteiger partial charge is 0.477 e. The lowest BCUT2D eigenvalue weighted by Crippen LogP contribution is -2.35. The highest BCUT2D eigenvalue weighted by molar-refractivity contribution is 7.99. The molecular weight excluding hydrogens is 845 g/mol. The number of hydrogen-bond acceptors (Lipinski definition) is 12. The van der Waals surface area contributed by atoms with Gasteiger partial charge in [0.1, 0.15) is 5.69 Å². The number of nitrogens with one attached hydrogen (secondary N) is 1. The lowest BCUT2D eigenvalue weighted by Gasteiger charge is -2.26. The molecule has 0 radical (unpaired) electrons. The van der Waals surface area contributed by atoms with Gasteiger partial charge in [-0.2, -0.15) is 11.8 Å². The van der Waals surface area contributed by atoms with Gasteiger partial charge in [0.15, 0.2) is 0 Å². The number of para-hydroxylation sites is 1. The first-order valence-electron chi connectivity index (χ1n) is 22.6. The molecule has 0 spiro atoms. The predicted octanol–water partition coefficient (Wildman–Crippen LogP) is 5.67. The maximum absolute atomic E-state index is 13.5. The van der Waals surface area contributed by atoms with Crippen LogP contribution in [0.4, 0.5) is 5.69 Å². The van der Waals surface area contributed by atoms with E-state index in [1.165, 1.54) is 6.07 Å². The minimum Gasteiger partial charge on any atom is -0.477 e. The Morgan fingerprint density at radius 3 is 2.20 bits per heavy atom. The summed E-state index contributed by atoms with van der Waals surface area (Å²) in [6.45, 7) is 8.25. The van der Waals surface area contributed by atoms with Gasteiger partial charge in [-0.1, -0.05) is 60.7 Å². The number of thioether (sulfide) groups is 1. The predicted molar refractivity (Wildman–Crippen MR) is 252 cm³/mol. The molecule has 2 aliphatic rings. The second kappa shape index (κ2) is 28.0. The van der Waals surface area contributed by atoms with Crippen molar-refractivity contribution in [3.63, 3.8) is 0 Å². The minimum atomic E-state index is -1.05. The number of hydrogen-bond donors (Lipinski definition) is 2. The Labute approximate surface area is 387 Å². The zero-order chi connectivity index (χ0) is 45.3. The van der Waals surface area contributed by atoms with E-state index >= 15 is 0 Å². The molecule has 0 unspecified atom stereocenters. The molecule has 2 N–H and O–H groups in total. The quantitative estimate of drug-likeness (QED) is 0.105. The Morgan fingerprint density at radius 1 is 0.723 bits per heavy atom. The fraction of sp³-hybridized carbons (Fsp3) is 0.460. The first-order valence-corrected chi connectivity index (χ1v) is 23.8. The van der Waals surface area contributed by atoms with Crippen molar-refractivity contribution >= 4 is 35.2 Å². The van der Waals surface area contributed by atoms with Crippen molar-refractivity contribution in [1.82, 2.24) is 25.1 Å². The molecular formula is C50H62N6O8S. The second-order valence-electron chi connectivity index (χ2n) is 15.9. The van der Waals surface area contributed by atoms with Crippen LogP contribution in [0.5, 0.6) is 0 Å². The highest BCUT2D eigenvalue weighted by Gasteiger charge is 2.22. The van der Waals surface area contributed by atoms with Crippen LogP contribution in [0.3, 0.4) is 0 Å². The van der Waals surface area contributed by atoms with Crippen molar-refractivity contribution < 1.29 is 38.4 Å². The summed E-state index contributed by atoms with van der Waals surface area (Å²) in [5.41, 5.74) is 5.13. The van der Waals surface area contributed by atoms with Gasteiger partial charge in [0.05, 0.1) is 76.0 Å². The number of unbranched alkanes of at least 4 members (excludes halogenated alkanes) is 2. The number of carbonyl (C=O) groups excluding carboxylic acids is 2. The summed E-state index contributed by atoms with van der Waals surface area (Å²) < 4.78 is 24.6. The van der Waals surface area contributed by atoms with Crippen molar-refractivity contribution in [3.8, 4) is 11.8 Å². The average molecular weight is 907 g/mol. The first kappa shape index (κ1) is 49.3. The fourth-order valence-electron chi connectivity index (χ4n) is 7.39. The number of aromatic carboxylic acids is 1. The summed E-state index contributed by atoms with van der Waals surface area (Å²) in [6.07, 6.45) is 4.75. The number of carboxylic acid groups (broad SMARTS) is 1. The third-order valence-electron chi connectivity index (χ3n) is 10.9. The van der Waals surface area contributed by atoms with Crippen LogP contribution >= 0.6 is 11.8 Å². The summed E-state index contributed by atoms with van der Waals surface area (Å²) in [4.78, 5) is 52.9. The maximum Gasteiger partial charge on any atom is 0.354 e. The molecule has 0 bridgehead atoms. The minimum absolute atomic E-state index is 0.0196. The number of rotatable bonds is 16. The third-order valence-corrected chi connectivity index (χ3v) is 12.1. The monoisotopic (exact) mass is 906 g/mol. The molecule has 2 aliphatic heterocycles. The first-order chi connectivity index (χ1) is 31.9. The summed E-state index contributed by atoms with van der Waals surface area (Å²) in [5, 5.41) is 12.5. The normalized spacial score (nSPS) is 17.2. The van der Waals surface area contributed by atoms with E-state index in [0.29, 0.717) is 97.8 Å². The van der Waals surface area contributed by atoms with Gasteiger partial charge in [-0.15, -0.1) is 0 Å². The van der Waals surface area contributed by atoms with E-state index in [0.717, 1.165) is 65.4 Å². The van der Waals surface area contributed by atoms with Gasteiger partial charge < -0.3 is 34.3 Å². The van der Waals surface area contributed by atoms with Crippen LogP contribution in [0, 0.1) is 11.8 Å². The molecule has 1 fully saturated rings. The van der Waals surface area contributed by atoms with Crippen molar-refractivity contribution in [3.05, 3.63) is 125 Å². The molecule has 2 aromatic heterocycles. The Balaban J connectivity index is 0.927. The zero-order valence-corrected chi connectivity index (χ0v) is 38.1. The van der Waals surface area contributed by atoms with Gasteiger partial charge in [-0.25, -0.2) is 9.78 Å². The van der Waals surface area contributed by atoms with Crippen molar-refractivity contribution in [2.24, 2.45) is 0 Å². The van der Waals surface area contributed by atoms with E-state index in [1.807, 2.05) is 90.8 Å². The second-order valence-corrected chi connectivity index (χ2v) is 17.0. The summed E-state index contributed by atoms with van der Waals surface area (Å²) in [5.74, 6) is 6.91. The molecule has 4 aromatic rings. The SMILES string of the molecule is O=C(CCC(=O)N1Cc2ccccc2C#Cc2ccccc21)NCCCCCSC[C@@H]1COCCN(Cc2cccc(C(=O)O)n2)CCOCCOCCN(Cc2ccccn2)CCO1. The lowest BCUT2D eigenvalue weighted by atomic mass is 10.0. The molecule has 0 saturated carbocycles. The van der Waals surface area contributed by atoms with Gasteiger partial charge >= 0.3 is 5.97 Å². The molecule has 1 saturated heterocycles. The molecule has 346 valence electrons. The number of ether oxygens (including phenoxy) is 4. The molecule has 65 heavy (non-hydrogen) atoms. The molecule has 2 amide bonds. The molecule has 15 heteroatoms. The van der Waals surface area contributed by atoms with Crippen molar-refractivity contribution in [2.45, 2.75) is 57.8 Å². The molecule has 6 rings (SSSR count). The standard InChI is InChI=1S/C50H62N6O8S/c57-48(20-21-49(58)56-35-42-13-3-2-11-40(42)18-19-41-12-4-5-17-47(41)56)52-23-7-1-9-34-65-39-45-38-63-30-26-54(37-44-15-10-16-46(53-44)50(59)60)24-28-61-32-33-62-29-25-55(27-31-64-45)36-43-14-6-8-22-51-43/h2-6,8,10-17,22,45H,1,7,9,20-21,23-39H2,(H,52,57)(H,59,60)/t45-/m0/s1. The van der Waals surface area contributed by atoms with Gasteiger partial charge in [0.2, 0.25) is 11.8 Å². The van der Waals surface area contributed by atoms with E-state index in [4.69, 9.17) is 18.9 Å². The molecule has 2 aromatic carbocycles. The molecule has 1 atom stereocenters. The van der Waals surface area contributed by atoms with Crippen LogP contribution in [0.1, 0.15) is 70.7 Å². The molecule has 14 nitrogen and oxygen atoms in total. The number of fused-ring (bicyclic) bond motifs is 2. The maximum atomic E-state index is 13.5. The van der Waals surface area contributed by atoms with E-state index < -0.39 is 5.97 Å². The number of carbonyl (C=O) groups is 3. The summed E-state index contributed by atoms with van der Waals surface area (Å²) in [7, 11) is 0. The van der Waals surface area contributed by atoms with E-state index in [1.54, 1.807) is 11.0 Å². The van der Waals surface area contributed by atoms with Crippen LogP contribution < -0.4 is 10.2 Å². The van der Waals surface area contributed by atoms with E-state index in [-0.39, 0.29) is 36.5 Å². The van der Waals surface area contributed by atoms with Crippen molar-refractivity contribution in [2.75, 3.05) is 95.4 Å². The van der Waals surface area contributed by atoms with Gasteiger partial charge in [0, 0.05) is 81.7 Å². The van der Waals surface area contributed by atoms with Gasteiger partial charge in [-0.3, -0.25) is 24.4 Å². The smallest absolute Gasteiger partial charge is 0.354 e. The highest BCUT2D eigenvalue weighted by atomic mass is 32.2. The molecule has 4 heterocycles. The third kappa shape index (κ3) is 17.6. The number of pyridine rings is 2. The number of anilines is 1. The summed E-state index contributed by atoms with van der Waals surface area (Å²) >= 11 is 1.84. The number of carboxylic acids is 1. The summed E-state index contributed by atoms with van der Waals surface area (Å²) in [6, 6.07) is 26.5. The molecule has 0 aliphatic carbocycles. The van der Waals surface area contributed by atoms with Crippen LogP contribution in [-0.2, 0) is 48.2 Å². The highest BCUT2D eigenvalue weighted by Crippen LogP contribution is 2.26.